The van der Waals surface area contributed by atoms with E-state index in [0.29, 0.717) is 12.1 Å². The summed E-state index contributed by atoms with van der Waals surface area (Å²) in [7, 11) is 1.69. The summed E-state index contributed by atoms with van der Waals surface area (Å²) in [5.41, 5.74) is 1.28. The van der Waals surface area contributed by atoms with Crippen LogP contribution in [-0.2, 0) is 6.54 Å². The molecule has 0 aromatic heterocycles. The highest BCUT2D eigenvalue weighted by atomic mass is 32.1. The molecule has 1 aromatic rings. The molecule has 1 aromatic carbocycles. The van der Waals surface area contributed by atoms with E-state index in [0.717, 1.165) is 17.4 Å². The maximum absolute atomic E-state index is 5.55. The lowest BCUT2D eigenvalue weighted by Gasteiger charge is -2.26. The Labute approximate surface area is 119 Å². The lowest BCUT2D eigenvalue weighted by Crippen LogP contribution is -2.41. The summed E-state index contributed by atoms with van der Waals surface area (Å²) >= 11 is 5.55. The number of methoxy groups -OCH3 is 1. The highest BCUT2D eigenvalue weighted by Crippen LogP contribution is 2.29. The van der Waals surface area contributed by atoms with E-state index < -0.39 is 0 Å². The summed E-state index contributed by atoms with van der Waals surface area (Å²) in [5, 5.41) is 4.38. The number of nitrogens with zero attached hydrogens (tertiary/aromatic N) is 1. The van der Waals surface area contributed by atoms with E-state index in [-0.39, 0.29) is 0 Å². The monoisotopic (exact) mass is 276 g/mol. The van der Waals surface area contributed by atoms with Crippen molar-refractivity contribution in [1.82, 2.24) is 10.2 Å². The number of benzene rings is 1. The van der Waals surface area contributed by atoms with Gasteiger partial charge in [0.2, 0.25) is 0 Å². The van der Waals surface area contributed by atoms with Crippen LogP contribution in [0, 0.1) is 0 Å². The Balaban J connectivity index is 1.64. The van der Waals surface area contributed by atoms with Crippen molar-refractivity contribution in [3.8, 4) is 5.75 Å². The van der Waals surface area contributed by atoms with Crippen LogP contribution in [0.1, 0.15) is 31.2 Å². The second-order valence-electron chi connectivity index (χ2n) is 5.43. The molecule has 0 radical (unpaired) electrons. The number of hydrogen-bond acceptors (Lipinski definition) is 2. The molecule has 1 N–H and O–H groups in total. The van der Waals surface area contributed by atoms with E-state index in [4.69, 9.17) is 17.0 Å². The van der Waals surface area contributed by atoms with Crippen molar-refractivity contribution in [3.63, 3.8) is 0 Å². The maximum atomic E-state index is 5.55. The Morgan fingerprint density at radius 3 is 2.47 bits per heavy atom. The fourth-order valence-corrected chi connectivity index (χ4v) is 2.55. The van der Waals surface area contributed by atoms with Crippen LogP contribution in [0.5, 0.6) is 5.75 Å². The third-order valence-corrected chi connectivity index (χ3v) is 4.02. The van der Waals surface area contributed by atoms with Gasteiger partial charge >= 0.3 is 0 Å². The molecule has 0 spiro atoms. The molecule has 4 heteroatoms. The summed E-state index contributed by atoms with van der Waals surface area (Å²) in [4.78, 5) is 2.34. The summed E-state index contributed by atoms with van der Waals surface area (Å²) in [6.07, 6.45) is 5.06. The van der Waals surface area contributed by atoms with Crippen LogP contribution in [0.2, 0.25) is 0 Å². The third-order valence-electron chi connectivity index (χ3n) is 3.67. The van der Waals surface area contributed by atoms with Gasteiger partial charge in [0.15, 0.2) is 5.11 Å². The highest BCUT2D eigenvalue weighted by Gasteiger charge is 2.32. The van der Waals surface area contributed by atoms with E-state index >= 15 is 0 Å². The van der Waals surface area contributed by atoms with Crippen molar-refractivity contribution in [2.45, 2.75) is 44.3 Å². The minimum Gasteiger partial charge on any atom is -0.497 e. The molecular weight excluding hydrogens is 256 g/mol. The van der Waals surface area contributed by atoms with Gasteiger partial charge in [-0.1, -0.05) is 12.1 Å². The molecule has 0 aliphatic heterocycles. The van der Waals surface area contributed by atoms with Gasteiger partial charge in [0, 0.05) is 18.6 Å². The molecule has 102 valence electrons. The van der Waals surface area contributed by atoms with E-state index in [1.54, 1.807) is 7.11 Å². The Bertz CT molecular complexity index is 452. The van der Waals surface area contributed by atoms with Gasteiger partial charge < -0.3 is 15.0 Å². The van der Waals surface area contributed by atoms with Gasteiger partial charge in [0.05, 0.1) is 7.11 Å². The summed E-state index contributed by atoms with van der Waals surface area (Å²) in [6, 6.07) is 9.53. The summed E-state index contributed by atoms with van der Waals surface area (Å²) in [6.45, 7) is 0.896. The second-order valence-corrected chi connectivity index (χ2v) is 5.82. The lowest BCUT2D eigenvalue weighted by atomic mass is 10.2. The molecule has 0 bridgehead atoms. The van der Waals surface area contributed by atoms with Crippen molar-refractivity contribution in [2.75, 3.05) is 7.11 Å². The first-order valence-electron chi connectivity index (χ1n) is 6.96. The van der Waals surface area contributed by atoms with Crippen molar-refractivity contribution < 1.29 is 4.74 Å². The molecule has 0 unspecified atom stereocenters. The van der Waals surface area contributed by atoms with Gasteiger partial charge in [0.25, 0.3) is 0 Å². The van der Waals surface area contributed by atoms with Crippen LogP contribution in [0.4, 0.5) is 0 Å². The van der Waals surface area contributed by atoms with Crippen LogP contribution < -0.4 is 10.1 Å². The summed E-state index contributed by atoms with van der Waals surface area (Å²) in [5.74, 6) is 0.903. The topological polar surface area (TPSA) is 24.5 Å². The second kappa shape index (κ2) is 5.37. The molecule has 2 aliphatic carbocycles. The molecule has 3 nitrogen and oxygen atoms in total. The van der Waals surface area contributed by atoms with E-state index in [2.05, 4.69) is 22.3 Å². The van der Waals surface area contributed by atoms with Crippen LogP contribution in [0.15, 0.2) is 24.3 Å². The largest absolute Gasteiger partial charge is 0.497 e. The van der Waals surface area contributed by atoms with Crippen molar-refractivity contribution in [1.29, 1.82) is 0 Å². The Kier molecular flexibility index (Phi) is 3.60. The highest BCUT2D eigenvalue weighted by molar-refractivity contribution is 7.80. The molecule has 0 saturated heterocycles. The van der Waals surface area contributed by atoms with Gasteiger partial charge in [-0.25, -0.2) is 0 Å². The third kappa shape index (κ3) is 3.38. The Morgan fingerprint density at radius 1 is 1.26 bits per heavy atom. The summed E-state index contributed by atoms with van der Waals surface area (Å²) < 4.78 is 5.19. The van der Waals surface area contributed by atoms with Gasteiger partial charge in [-0.3, -0.25) is 0 Å². The Morgan fingerprint density at radius 2 is 1.95 bits per heavy atom. The van der Waals surface area contributed by atoms with Crippen LogP contribution in [-0.4, -0.2) is 29.2 Å². The molecule has 0 atom stereocenters. The molecule has 19 heavy (non-hydrogen) atoms. The number of thiocarbonyl (C=S) groups is 1. The van der Waals surface area contributed by atoms with Crippen molar-refractivity contribution in [3.05, 3.63) is 29.8 Å². The molecular formula is C15H20N2OS. The normalized spacial score (nSPS) is 17.9. The average Bonchev–Trinajstić information content (AvgIpc) is 3.30. The SMILES string of the molecule is COc1ccc(CN(C(=S)NC2CC2)C2CC2)cc1. The van der Waals surface area contributed by atoms with Gasteiger partial charge in [-0.05, 0) is 55.6 Å². The number of hydrogen-bond donors (Lipinski definition) is 1. The van der Waals surface area contributed by atoms with Crippen LogP contribution in [0.25, 0.3) is 0 Å². The molecule has 2 aliphatic rings. The molecule has 2 saturated carbocycles. The zero-order valence-corrected chi connectivity index (χ0v) is 12.1. The minimum absolute atomic E-state index is 0.629. The smallest absolute Gasteiger partial charge is 0.169 e. The van der Waals surface area contributed by atoms with Gasteiger partial charge in [0.1, 0.15) is 5.75 Å². The van der Waals surface area contributed by atoms with E-state index in [1.807, 2.05) is 12.1 Å². The number of ether oxygens (including phenoxy) is 1. The molecule has 0 heterocycles. The van der Waals surface area contributed by atoms with E-state index in [9.17, 15) is 0 Å². The van der Waals surface area contributed by atoms with Crippen LogP contribution in [0.3, 0.4) is 0 Å². The first-order valence-corrected chi connectivity index (χ1v) is 7.37. The fraction of sp³-hybridized carbons (Fsp3) is 0.533. The zero-order chi connectivity index (χ0) is 13.2. The van der Waals surface area contributed by atoms with Crippen molar-refractivity contribution >= 4 is 17.3 Å². The average molecular weight is 276 g/mol. The van der Waals surface area contributed by atoms with Crippen molar-refractivity contribution in [2.24, 2.45) is 0 Å². The lowest BCUT2D eigenvalue weighted by molar-refractivity contribution is 0.393. The van der Waals surface area contributed by atoms with E-state index in [1.165, 1.54) is 31.2 Å². The molecule has 2 fully saturated rings. The Hall–Kier alpha value is -1.29. The predicted molar refractivity (Wildman–Crippen MR) is 80.3 cm³/mol. The number of rotatable bonds is 5. The quantitative estimate of drug-likeness (QED) is 0.836. The first kappa shape index (κ1) is 12.7. The minimum atomic E-state index is 0.629. The maximum Gasteiger partial charge on any atom is 0.169 e. The molecule has 0 amide bonds. The predicted octanol–water partition coefficient (Wildman–Crippen LogP) is 2.70. The van der Waals surface area contributed by atoms with Gasteiger partial charge in [-0.15, -0.1) is 0 Å². The fourth-order valence-electron chi connectivity index (χ4n) is 2.17. The standard InChI is InChI=1S/C15H20N2OS/c1-18-14-8-2-11(3-9-14)10-17(13-6-7-13)15(19)16-12-4-5-12/h2-3,8-9,12-13H,4-7,10H2,1H3,(H,16,19). The van der Waals surface area contributed by atoms with Crippen LogP contribution >= 0.6 is 12.2 Å². The van der Waals surface area contributed by atoms with Gasteiger partial charge in [-0.2, -0.15) is 0 Å². The zero-order valence-electron chi connectivity index (χ0n) is 11.3. The molecule has 3 rings (SSSR count). The number of nitrogens with one attached hydrogen (secondary N) is 1. The first-order chi connectivity index (χ1) is 9.26.